The third-order valence-corrected chi connectivity index (χ3v) is 5.46. The molecule has 0 bridgehead atoms. The quantitative estimate of drug-likeness (QED) is 0.488. The number of carbonyl (C=O) groups is 2. The molecule has 1 aromatic carbocycles. The molecule has 33 heavy (non-hydrogen) atoms. The lowest BCUT2D eigenvalue weighted by Crippen LogP contribution is -2.50. The number of hydrogen-bond acceptors (Lipinski definition) is 4. The van der Waals surface area contributed by atoms with Crippen molar-refractivity contribution in [2.24, 2.45) is 0 Å². The van der Waals surface area contributed by atoms with Crippen LogP contribution in [0.15, 0.2) is 30.9 Å². The first kappa shape index (κ1) is 24.9. The van der Waals surface area contributed by atoms with Gasteiger partial charge in [0.25, 0.3) is 0 Å². The molecule has 3 rings (SSSR count). The number of rotatable bonds is 6. The summed E-state index contributed by atoms with van der Waals surface area (Å²) in [6.07, 6.45) is -8.90. The lowest BCUT2D eigenvalue weighted by Gasteiger charge is -2.34. The molecule has 1 aromatic rings. The normalized spacial score (nSPS) is 23.3. The maximum atomic E-state index is 13.0. The van der Waals surface area contributed by atoms with Crippen molar-refractivity contribution in [2.45, 2.75) is 56.4 Å². The summed E-state index contributed by atoms with van der Waals surface area (Å²) in [5, 5.41) is 2.60. The van der Waals surface area contributed by atoms with Gasteiger partial charge in [0, 0.05) is 25.0 Å². The molecule has 1 N–H and O–H groups in total. The molecule has 3 atom stereocenters. The smallest absolute Gasteiger partial charge is 0.416 e. The molecule has 0 radical (unpaired) electrons. The highest BCUT2D eigenvalue weighted by molar-refractivity contribution is 5.79. The zero-order valence-corrected chi connectivity index (χ0v) is 17.3. The van der Waals surface area contributed by atoms with Gasteiger partial charge in [-0.2, -0.15) is 26.3 Å². The lowest BCUT2D eigenvalue weighted by molar-refractivity contribution is -0.143. The minimum absolute atomic E-state index is 0.0174. The Kier molecular flexibility index (Phi) is 7.25. The maximum Gasteiger partial charge on any atom is 0.416 e. The number of hydrogen-bond donors (Lipinski definition) is 1. The summed E-state index contributed by atoms with van der Waals surface area (Å²) in [6.45, 7) is 3.14. The minimum Gasteiger partial charge on any atom is -0.445 e. The van der Waals surface area contributed by atoms with Gasteiger partial charge in [-0.25, -0.2) is 4.79 Å². The summed E-state index contributed by atoms with van der Waals surface area (Å²) in [5.74, 6) is -0.232. The second-order valence-corrected chi connectivity index (χ2v) is 7.95. The van der Waals surface area contributed by atoms with E-state index in [4.69, 9.17) is 9.47 Å². The third kappa shape index (κ3) is 6.40. The first-order valence-electron chi connectivity index (χ1n) is 10.1. The summed E-state index contributed by atoms with van der Waals surface area (Å²) in [6, 6.07) is 0.584. The Bertz CT molecular complexity index is 869. The average molecular weight is 480 g/mol. The molecule has 2 aliphatic rings. The fourth-order valence-electron chi connectivity index (χ4n) is 4.03. The summed E-state index contributed by atoms with van der Waals surface area (Å²) >= 11 is 0. The van der Waals surface area contributed by atoms with E-state index in [1.165, 1.54) is 6.08 Å². The Morgan fingerprint density at radius 3 is 2.33 bits per heavy atom. The number of ether oxygens (including phenoxy) is 2. The standard InChI is InChI=1S/C21H22F6N2O4/c1-2-3-32-19(31)28-15-7-16-9-17(10-29(16)18(30)8-15)33-11-12-4-13(20(22,23)24)6-14(5-12)21(25,26)27/h2,4-6,15-17H,1,3,7-11H2,(H,28,31). The molecule has 12 heteroatoms. The SMILES string of the molecule is C=CCOC(=O)NC1CC(=O)N2CC(OCc3cc(C(F)(F)F)cc(C(F)(F)F)c3)CC2C1. The number of benzene rings is 1. The van der Waals surface area contributed by atoms with Crippen LogP contribution in [0.1, 0.15) is 36.0 Å². The number of halogens is 6. The van der Waals surface area contributed by atoms with E-state index in [1.807, 2.05) is 0 Å². The van der Waals surface area contributed by atoms with Crippen molar-refractivity contribution in [3.8, 4) is 0 Å². The van der Waals surface area contributed by atoms with E-state index >= 15 is 0 Å². The van der Waals surface area contributed by atoms with Gasteiger partial charge in [0.1, 0.15) is 6.61 Å². The Morgan fingerprint density at radius 2 is 1.76 bits per heavy atom. The minimum atomic E-state index is -4.94. The van der Waals surface area contributed by atoms with E-state index in [-0.39, 0.29) is 43.2 Å². The van der Waals surface area contributed by atoms with Crippen molar-refractivity contribution in [3.63, 3.8) is 0 Å². The molecular weight excluding hydrogens is 458 g/mol. The molecule has 3 unspecified atom stereocenters. The number of nitrogens with zero attached hydrogens (tertiary/aromatic N) is 1. The van der Waals surface area contributed by atoms with E-state index in [9.17, 15) is 35.9 Å². The van der Waals surface area contributed by atoms with Crippen molar-refractivity contribution in [2.75, 3.05) is 13.2 Å². The van der Waals surface area contributed by atoms with Gasteiger partial charge in [-0.1, -0.05) is 12.7 Å². The summed E-state index contributed by atoms with van der Waals surface area (Å²) in [4.78, 5) is 25.7. The molecule has 2 aliphatic heterocycles. The highest BCUT2D eigenvalue weighted by Crippen LogP contribution is 2.37. The van der Waals surface area contributed by atoms with Crippen molar-refractivity contribution < 1.29 is 45.4 Å². The molecular formula is C21H22F6N2O4. The fourth-order valence-corrected chi connectivity index (χ4v) is 4.03. The van der Waals surface area contributed by atoms with E-state index in [0.717, 1.165) is 0 Å². The molecule has 0 spiro atoms. The van der Waals surface area contributed by atoms with Crippen LogP contribution >= 0.6 is 0 Å². The zero-order chi connectivity index (χ0) is 24.4. The Labute approximate surface area is 185 Å². The highest BCUT2D eigenvalue weighted by Gasteiger charge is 2.42. The van der Waals surface area contributed by atoms with E-state index in [2.05, 4.69) is 11.9 Å². The number of amides is 2. The van der Waals surface area contributed by atoms with Gasteiger partial charge in [-0.3, -0.25) is 4.79 Å². The van der Waals surface area contributed by atoms with E-state index in [1.54, 1.807) is 4.90 Å². The number of nitrogens with one attached hydrogen (secondary N) is 1. The Morgan fingerprint density at radius 1 is 1.12 bits per heavy atom. The highest BCUT2D eigenvalue weighted by atomic mass is 19.4. The van der Waals surface area contributed by atoms with Gasteiger partial charge >= 0.3 is 18.4 Å². The second kappa shape index (κ2) is 9.62. The molecule has 0 aromatic heterocycles. The van der Waals surface area contributed by atoms with Crippen LogP contribution in [0.25, 0.3) is 0 Å². The average Bonchev–Trinajstić information content (AvgIpc) is 3.13. The predicted molar refractivity (Wildman–Crippen MR) is 103 cm³/mol. The van der Waals surface area contributed by atoms with Crippen LogP contribution in [0.4, 0.5) is 31.1 Å². The van der Waals surface area contributed by atoms with Gasteiger partial charge in [0.05, 0.1) is 23.8 Å². The molecule has 2 heterocycles. The van der Waals surface area contributed by atoms with Gasteiger partial charge < -0.3 is 19.7 Å². The summed E-state index contributed by atoms with van der Waals surface area (Å²) in [7, 11) is 0. The van der Waals surface area contributed by atoms with Crippen LogP contribution in [-0.4, -0.2) is 48.2 Å². The third-order valence-electron chi connectivity index (χ3n) is 5.46. The van der Waals surface area contributed by atoms with Gasteiger partial charge in [0.15, 0.2) is 0 Å². The second-order valence-electron chi connectivity index (χ2n) is 7.95. The van der Waals surface area contributed by atoms with Crippen molar-refractivity contribution in [1.82, 2.24) is 10.2 Å². The number of alkyl halides is 6. The Hall–Kier alpha value is -2.76. The summed E-state index contributed by atoms with van der Waals surface area (Å²) in [5.41, 5.74) is -3.09. The number of piperidine rings is 1. The number of carbonyl (C=O) groups excluding carboxylic acids is 2. The van der Waals surface area contributed by atoms with Crippen LogP contribution in [0.3, 0.4) is 0 Å². The van der Waals surface area contributed by atoms with Crippen LogP contribution in [0.2, 0.25) is 0 Å². The van der Waals surface area contributed by atoms with Crippen LogP contribution < -0.4 is 5.32 Å². The molecule has 2 amide bonds. The van der Waals surface area contributed by atoms with Gasteiger partial charge in [-0.05, 0) is 36.6 Å². The van der Waals surface area contributed by atoms with Crippen LogP contribution in [0.5, 0.6) is 0 Å². The lowest BCUT2D eigenvalue weighted by atomic mass is 9.97. The molecule has 0 aliphatic carbocycles. The van der Waals surface area contributed by atoms with Gasteiger partial charge in [0.2, 0.25) is 5.91 Å². The molecule has 6 nitrogen and oxygen atoms in total. The van der Waals surface area contributed by atoms with Crippen LogP contribution in [0, 0.1) is 0 Å². The topological polar surface area (TPSA) is 67.9 Å². The van der Waals surface area contributed by atoms with Crippen molar-refractivity contribution >= 4 is 12.0 Å². The Balaban J connectivity index is 1.62. The van der Waals surface area contributed by atoms with Gasteiger partial charge in [-0.15, -0.1) is 0 Å². The predicted octanol–water partition coefficient (Wildman–Crippen LogP) is 4.28. The van der Waals surface area contributed by atoms with E-state index < -0.39 is 48.3 Å². The van der Waals surface area contributed by atoms with Crippen LogP contribution in [-0.2, 0) is 33.2 Å². The first-order chi connectivity index (χ1) is 15.4. The van der Waals surface area contributed by atoms with Crippen molar-refractivity contribution in [1.29, 1.82) is 0 Å². The van der Waals surface area contributed by atoms with E-state index in [0.29, 0.717) is 25.0 Å². The summed E-state index contributed by atoms with van der Waals surface area (Å²) < 4.78 is 88.5. The largest absolute Gasteiger partial charge is 0.445 e. The fraction of sp³-hybridized carbons (Fsp3) is 0.524. The molecule has 182 valence electrons. The zero-order valence-electron chi connectivity index (χ0n) is 17.3. The number of alkyl carbamates (subject to hydrolysis) is 1. The monoisotopic (exact) mass is 480 g/mol. The molecule has 2 saturated heterocycles. The molecule has 2 fully saturated rings. The first-order valence-corrected chi connectivity index (χ1v) is 10.1. The maximum absolute atomic E-state index is 13.0. The number of fused-ring (bicyclic) bond motifs is 1. The molecule has 0 saturated carbocycles. The van der Waals surface area contributed by atoms with Crippen molar-refractivity contribution in [3.05, 3.63) is 47.5 Å².